The third kappa shape index (κ3) is 3.88. The van der Waals surface area contributed by atoms with Gasteiger partial charge >= 0.3 is 0 Å². The van der Waals surface area contributed by atoms with E-state index in [1.165, 1.54) is 5.56 Å². The summed E-state index contributed by atoms with van der Waals surface area (Å²) in [6, 6.07) is 11.3. The summed E-state index contributed by atoms with van der Waals surface area (Å²) >= 11 is 0. The normalized spacial score (nSPS) is 14.5. The number of hydrogen-bond donors (Lipinski definition) is 1. The molecule has 1 amide bonds. The number of carbonyl (C=O) groups excluding carboxylic acids is 1. The molecule has 4 rings (SSSR count). The largest absolute Gasteiger partial charge is 0.353 e. The van der Waals surface area contributed by atoms with Crippen LogP contribution in [0, 0.1) is 6.92 Å². The van der Waals surface area contributed by atoms with Gasteiger partial charge in [-0.15, -0.1) is 0 Å². The predicted molar refractivity (Wildman–Crippen MR) is 108 cm³/mol. The summed E-state index contributed by atoms with van der Waals surface area (Å²) in [6.07, 6.45) is 2.59. The number of anilines is 1. The van der Waals surface area contributed by atoms with Gasteiger partial charge in [0.1, 0.15) is 11.6 Å². The van der Waals surface area contributed by atoms with Crippen molar-refractivity contribution in [3.05, 3.63) is 64.3 Å². The lowest BCUT2D eigenvalue weighted by molar-refractivity contribution is -0.131. The second-order valence-electron chi connectivity index (χ2n) is 7.09. The molecular formula is C21H23N5O2. The van der Waals surface area contributed by atoms with Crippen LogP contribution in [0.3, 0.4) is 0 Å². The van der Waals surface area contributed by atoms with Gasteiger partial charge < -0.3 is 14.8 Å². The molecule has 0 bridgehead atoms. The Hall–Kier alpha value is -3.22. The first kappa shape index (κ1) is 18.2. The molecule has 7 nitrogen and oxygen atoms in total. The van der Waals surface area contributed by atoms with E-state index >= 15 is 0 Å². The molecule has 28 heavy (non-hydrogen) atoms. The number of nitrogens with zero attached hydrogens (tertiary/aromatic N) is 4. The first-order chi connectivity index (χ1) is 13.6. The maximum absolute atomic E-state index is 12.6. The lowest BCUT2D eigenvalue weighted by atomic mass is 10.2. The van der Waals surface area contributed by atoms with Crippen LogP contribution in [0.5, 0.6) is 0 Å². The molecule has 144 valence electrons. The molecule has 0 atom stereocenters. The van der Waals surface area contributed by atoms with Crippen molar-refractivity contribution < 1.29 is 4.79 Å². The minimum Gasteiger partial charge on any atom is -0.353 e. The third-order valence-electron chi connectivity index (χ3n) is 5.09. The Kier molecular flexibility index (Phi) is 5.06. The first-order valence-electron chi connectivity index (χ1n) is 9.53. The third-order valence-corrected chi connectivity index (χ3v) is 5.09. The molecule has 1 N–H and O–H groups in total. The van der Waals surface area contributed by atoms with E-state index in [1.54, 1.807) is 6.07 Å². The highest BCUT2D eigenvalue weighted by atomic mass is 16.2. The maximum atomic E-state index is 12.6. The van der Waals surface area contributed by atoms with Gasteiger partial charge in [-0.1, -0.05) is 12.1 Å². The van der Waals surface area contributed by atoms with E-state index in [1.807, 2.05) is 35.4 Å². The number of fused-ring (bicyclic) bond motifs is 1. The molecule has 0 radical (unpaired) electrons. The van der Waals surface area contributed by atoms with Crippen molar-refractivity contribution in [2.45, 2.75) is 19.8 Å². The molecule has 2 aromatic heterocycles. The van der Waals surface area contributed by atoms with Crippen molar-refractivity contribution in [1.82, 2.24) is 19.9 Å². The second kappa shape index (κ2) is 7.80. The number of pyridine rings is 1. The van der Waals surface area contributed by atoms with Crippen LogP contribution in [-0.2, 0) is 11.2 Å². The number of carbonyl (C=O) groups is 1. The first-order valence-corrected chi connectivity index (χ1v) is 9.53. The molecule has 1 aliphatic heterocycles. The van der Waals surface area contributed by atoms with E-state index in [9.17, 15) is 9.59 Å². The number of aryl methyl sites for hydroxylation is 2. The zero-order valence-electron chi connectivity index (χ0n) is 15.9. The number of piperazine rings is 1. The summed E-state index contributed by atoms with van der Waals surface area (Å²) < 4.78 is 0. The van der Waals surface area contributed by atoms with E-state index in [-0.39, 0.29) is 11.5 Å². The molecule has 3 heterocycles. The zero-order valence-corrected chi connectivity index (χ0v) is 15.9. The van der Waals surface area contributed by atoms with Crippen LogP contribution in [0.4, 0.5) is 5.82 Å². The highest BCUT2D eigenvalue weighted by molar-refractivity contribution is 5.78. The minimum atomic E-state index is -0.160. The quantitative estimate of drug-likeness (QED) is 0.751. The summed E-state index contributed by atoms with van der Waals surface area (Å²) in [6.45, 7) is 4.95. The van der Waals surface area contributed by atoms with Crippen LogP contribution in [0.15, 0.2) is 47.4 Å². The number of aromatic nitrogens is 3. The van der Waals surface area contributed by atoms with Gasteiger partial charge in [0, 0.05) is 45.2 Å². The number of aromatic amines is 1. The van der Waals surface area contributed by atoms with Crippen LogP contribution in [0.1, 0.15) is 17.8 Å². The monoisotopic (exact) mass is 377 g/mol. The number of H-pyrrole nitrogens is 1. The van der Waals surface area contributed by atoms with Crippen LogP contribution < -0.4 is 10.5 Å². The average molecular weight is 377 g/mol. The number of benzene rings is 1. The average Bonchev–Trinajstić information content (AvgIpc) is 2.72. The maximum Gasteiger partial charge on any atom is 0.258 e. The predicted octanol–water partition coefficient (Wildman–Crippen LogP) is 1.91. The Morgan fingerprint density at radius 3 is 2.71 bits per heavy atom. The summed E-state index contributed by atoms with van der Waals surface area (Å²) in [5.74, 6) is 1.61. The molecule has 1 aliphatic rings. The fourth-order valence-corrected chi connectivity index (χ4v) is 3.51. The lowest BCUT2D eigenvalue weighted by Crippen LogP contribution is -2.49. The highest BCUT2D eigenvalue weighted by Crippen LogP contribution is 2.15. The fourth-order valence-electron chi connectivity index (χ4n) is 3.51. The lowest BCUT2D eigenvalue weighted by Gasteiger charge is -2.35. The fraction of sp³-hybridized carbons (Fsp3) is 0.333. The topological polar surface area (TPSA) is 82.2 Å². The Balaban J connectivity index is 1.34. The minimum absolute atomic E-state index is 0.0904. The van der Waals surface area contributed by atoms with E-state index in [2.05, 4.69) is 32.8 Å². The van der Waals surface area contributed by atoms with Gasteiger partial charge in [-0.05, 0) is 36.8 Å². The SMILES string of the molecule is Cc1ccnc(N2CCN(C(=O)CCc3nc4ccccc4c(=O)[nH]3)CC2)c1. The Bertz CT molecular complexity index is 1050. The molecule has 0 unspecified atom stereocenters. The van der Waals surface area contributed by atoms with Gasteiger partial charge in [-0.3, -0.25) is 9.59 Å². The molecule has 3 aromatic rings. The summed E-state index contributed by atoms with van der Waals surface area (Å²) in [7, 11) is 0. The molecule has 1 saturated heterocycles. The molecule has 1 aromatic carbocycles. The van der Waals surface area contributed by atoms with E-state index in [0.29, 0.717) is 42.7 Å². The van der Waals surface area contributed by atoms with Crippen molar-refractivity contribution in [3.63, 3.8) is 0 Å². The van der Waals surface area contributed by atoms with Crippen molar-refractivity contribution in [1.29, 1.82) is 0 Å². The van der Waals surface area contributed by atoms with Crippen molar-refractivity contribution in [2.75, 3.05) is 31.1 Å². The van der Waals surface area contributed by atoms with Gasteiger partial charge in [0.2, 0.25) is 5.91 Å². The van der Waals surface area contributed by atoms with E-state index in [0.717, 1.165) is 18.9 Å². The molecule has 0 saturated carbocycles. The summed E-state index contributed by atoms with van der Waals surface area (Å²) in [4.78, 5) is 40.5. The number of rotatable bonds is 4. The zero-order chi connectivity index (χ0) is 19.5. The van der Waals surface area contributed by atoms with E-state index < -0.39 is 0 Å². The Morgan fingerprint density at radius 2 is 1.93 bits per heavy atom. The van der Waals surface area contributed by atoms with Gasteiger partial charge in [0.05, 0.1) is 10.9 Å². The Labute approximate surface area is 163 Å². The molecule has 0 aliphatic carbocycles. The highest BCUT2D eigenvalue weighted by Gasteiger charge is 2.22. The molecular weight excluding hydrogens is 354 g/mol. The summed E-state index contributed by atoms with van der Waals surface area (Å²) in [5, 5.41) is 0.568. The van der Waals surface area contributed by atoms with Crippen molar-refractivity contribution in [2.24, 2.45) is 0 Å². The van der Waals surface area contributed by atoms with Crippen LogP contribution in [0.25, 0.3) is 10.9 Å². The number of para-hydroxylation sites is 1. The van der Waals surface area contributed by atoms with Crippen molar-refractivity contribution >= 4 is 22.6 Å². The number of hydrogen-bond acceptors (Lipinski definition) is 5. The second-order valence-corrected chi connectivity index (χ2v) is 7.09. The molecule has 7 heteroatoms. The standard InChI is InChI=1S/C21H23N5O2/c1-15-8-9-22-19(14-15)25-10-12-26(13-11-25)20(27)7-6-18-23-17-5-3-2-4-16(17)21(28)24-18/h2-5,8-9,14H,6-7,10-13H2,1H3,(H,23,24,28). The Morgan fingerprint density at radius 1 is 1.14 bits per heavy atom. The number of nitrogens with one attached hydrogen (secondary N) is 1. The van der Waals surface area contributed by atoms with Gasteiger partial charge in [-0.2, -0.15) is 0 Å². The smallest absolute Gasteiger partial charge is 0.258 e. The van der Waals surface area contributed by atoms with Gasteiger partial charge in [-0.25, -0.2) is 9.97 Å². The van der Waals surface area contributed by atoms with Crippen LogP contribution >= 0.6 is 0 Å². The van der Waals surface area contributed by atoms with Gasteiger partial charge in [0.25, 0.3) is 5.56 Å². The van der Waals surface area contributed by atoms with Crippen molar-refractivity contribution in [3.8, 4) is 0 Å². The van der Waals surface area contributed by atoms with Crippen LogP contribution in [0.2, 0.25) is 0 Å². The van der Waals surface area contributed by atoms with E-state index in [4.69, 9.17) is 0 Å². The molecule has 1 fully saturated rings. The van der Waals surface area contributed by atoms with Gasteiger partial charge in [0.15, 0.2) is 0 Å². The van der Waals surface area contributed by atoms with Crippen LogP contribution in [-0.4, -0.2) is 51.9 Å². The molecule has 0 spiro atoms. The number of amides is 1. The summed E-state index contributed by atoms with van der Waals surface area (Å²) in [5.41, 5.74) is 1.68.